The molecule has 0 fully saturated rings. The molecular weight excluding hydrogens is 1310 g/mol. The smallest absolute Gasteiger partial charge is 0.462 e. The van der Waals surface area contributed by atoms with Gasteiger partial charge >= 0.3 is 39.5 Å². The third-order valence-electron chi connectivity index (χ3n) is 17.2. The molecule has 0 heterocycles. The van der Waals surface area contributed by atoms with Crippen LogP contribution in [-0.2, 0) is 65.4 Å². The van der Waals surface area contributed by atoms with Gasteiger partial charge < -0.3 is 33.8 Å². The number of phosphoric acid groups is 2. The minimum atomic E-state index is -4.99. The molecule has 0 aromatic carbocycles. The molecule has 582 valence electrons. The molecule has 0 amide bonds. The fraction of sp³-hybridized carbons (Fsp3) is 0.802. The van der Waals surface area contributed by atoms with Gasteiger partial charge in [0.2, 0.25) is 0 Å². The van der Waals surface area contributed by atoms with Crippen LogP contribution in [0.3, 0.4) is 0 Å². The van der Waals surface area contributed by atoms with Crippen molar-refractivity contribution in [2.75, 3.05) is 39.6 Å². The molecule has 0 spiro atoms. The molecule has 0 bridgehead atoms. The summed E-state index contributed by atoms with van der Waals surface area (Å²) in [7, 11) is -9.96. The first-order valence-corrected chi connectivity index (χ1v) is 43.2. The molecule has 0 rings (SSSR count). The van der Waals surface area contributed by atoms with Crippen LogP contribution in [-0.4, -0.2) is 96.7 Å². The summed E-state index contributed by atoms with van der Waals surface area (Å²) in [4.78, 5) is 72.9. The third-order valence-corrected chi connectivity index (χ3v) is 19.1. The number of hydrogen-bond donors (Lipinski definition) is 3. The lowest BCUT2D eigenvalue weighted by atomic mass is 10.0. The number of esters is 4. The monoisotopic (exact) mass is 1450 g/mol. The van der Waals surface area contributed by atoms with Crippen molar-refractivity contribution in [2.45, 2.75) is 380 Å². The quantitative estimate of drug-likeness (QED) is 0.0169. The predicted molar refractivity (Wildman–Crippen MR) is 409 cm³/mol. The lowest BCUT2D eigenvalue weighted by molar-refractivity contribution is -0.161. The molecule has 2 unspecified atom stereocenters. The standard InChI is InChI=1S/C81H146O17P2/c1-5-9-13-17-21-25-29-33-35-36-37-38-40-43-46-50-54-58-62-66-79(84)92-72-77(98-81(86)68-64-60-56-52-48-44-39-34-30-26-22-18-14-10-6-2)74-96-100(89,90)94-70-75(82)69-93-99(87,88)95-73-76(97-80(85)67-63-59-55-51-47-42-32-28-24-20-16-12-8-4)71-91-78(83)65-61-57-53-49-45-41-31-27-23-19-15-11-7-3/h21,25-26,30,33,35,37-38,43,46,54,58,75-77,82H,5-20,22-24,27-29,31-32,34,36,39-42,44-45,47-53,55-57,59-74H2,1-4H3,(H,87,88)(H,89,90)/b25-21-,30-26-,35-33-,38-37-,46-43-,58-54-/t75-,76+,77+/m0/s1. The van der Waals surface area contributed by atoms with Crippen LogP contribution < -0.4 is 0 Å². The number of aliphatic hydroxyl groups is 1. The maximum absolute atomic E-state index is 13.1. The Balaban J connectivity index is 5.38. The number of unbranched alkanes of at least 4 members (excludes halogenated alkanes) is 38. The fourth-order valence-corrected chi connectivity index (χ4v) is 12.6. The second-order valence-corrected chi connectivity index (χ2v) is 29.9. The summed E-state index contributed by atoms with van der Waals surface area (Å²) in [5.41, 5.74) is 0. The van der Waals surface area contributed by atoms with Gasteiger partial charge in [0.25, 0.3) is 0 Å². The molecule has 3 N–H and O–H groups in total. The second kappa shape index (κ2) is 73.8. The van der Waals surface area contributed by atoms with E-state index in [0.29, 0.717) is 32.1 Å². The van der Waals surface area contributed by atoms with E-state index in [9.17, 15) is 43.2 Å². The molecule has 0 aromatic heterocycles. The van der Waals surface area contributed by atoms with Crippen molar-refractivity contribution in [3.8, 4) is 0 Å². The zero-order valence-corrected chi connectivity index (χ0v) is 65.4. The molecular formula is C81H146O17P2. The van der Waals surface area contributed by atoms with Gasteiger partial charge in [-0.3, -0.25) is 37.3 Å². The van der Waals surface area contributed by atoms with Crippen molar-refractivity contribution in [3.05, 3.63) is 72.9 Å². The molecule has 0 saturated carbocycles. The summed E-state index contributed by atoms with van der Waals surface area (Å²) < 4.78 is 68.5. The van der Waals surface area contributed by atoms with E-state index in [0.717, 1.165) is 122 Å². The Kier molecular flexibility index (Phi) is 71.2. The van der Waals surface area contributed by atoms with Crippen LogP contribution in [0.25, 0.3) is 0 Å². The van der Waals surface area contributed by atoms with Gasteiger partial charge in [-0.2, -0.15) is 0 Å². The number of aliphatic hydroxyl groups excluding tert-OH is 1. The third kappa shape index (κ3) is 72.8. The van der Waals surface area contributed by atoms with Crippen LogP contribution >= 0.6 is 15.6 Å². The Labute approximate surface area is 609 Å². The Morgan fingerprint density at radius 1 is 0.280 bits per heavy atom. The lowest BCUT2D eigenvalue weighted by Crippen LogP contribution is -2.30. The second-order valence-electron chi connectivity index (χ2n) is 27.0. The molecule has 19 heteroatoms. The number of carbonyl (C=O) groups is 4. The highest BCUT2D eigenvalue weighted by atomic mass is 31.2. The Morgan fingerprint density at radius 3 is 0.850 bits per heavy atom. The van der Waals surface area contributed by atoms with E-state index >= 15 is 0 Å². The molecule has 5 atom stereocenters. The summed E-state index contributed by atoms with van der Waals surface area (Å²) in [5, 5.41) is 10.6. The maximum atomic E-state index is 13.1. The minimum Gasteiger partial charge on any atom is -0.462 e. The van der Waals surface area contributed by atoms with Crippen LogP contribution in [0.2, 0.25) is 0 Å². The molecule has 0 aromatic rings. The number of phosphoric ester groups is 2. The first-order valence-electron chi connectivity index (χ1n) is 40.2. The zero-order valence-electron chi connectivity index (χ0n) is 63.6. The van der Waals surface area contributed by atoms with Crippen molar-refractivity contribution in [2.24, 2.45) is 0 Å². The highest BCUT2D eigenvalue weighted by Gasteiger charge is 2.30. The molecule has 0 aliphatic heterocycles. The van der Waals surface area contributed by atoms with Gasteiger partial charge in [-0.1, -0.05) is 319 Å². The molecule has 0 aliphatic carbocycles. The SMILES string of the molecule is CCCCC/C=C\C/C=C\C/C=C\C/C=C\C/C=C\CCC(=O)OC[C@H](COP(=O)(O)OC[C@@H](O)COP(=O)(O)OC[C@@H](COC(=O)CCCCCCCCCCCCCCC)OC(=O)CCCCCCCCCCCCCCC)OC(=O)CCCCCCCCC/C=C\CCCCCC. The number of ether oxygens (including phenoxy) is 4. The van der Waals surface area contributed by atoms with E-state index in [2.05, 4.69) is 88.5 Å². The Bertz CT molecular complexity index is 2180. The normalized spacial score (nSPS) is 14.3. The van der Waals surface area contributed by atoms with Crippen molar-refractivity contribution < 1.29 is 80.2 Å². The first-order chi connectivity index (χ1) is 48.7. The van der Waals surface area contributed by atoms with Gasteiger partial charge in [0.1, 0.15) is 19.3 Å². The van der Waals surface area contributed by atoms with Gasteiger partial charge in [-0.15, -0.1) is 0 Å². The average Bonchev–Trinajstić information content (AvgIpc) is 0.946. The van der Waals surface area contributed by atoms with Crippen molar-refractivity contribution in [3.63, 3.8) is 0 Å². The number of hydrogen-bond acceptors (Lipinski definition) is 15. The van der Waals surface area contributed by atoms with Crippen LogP contribution in [0.5, 0.6) is 0 Å². The van der Waals surface area contributed by atoms with E-state index in [-0.39, 0.29) is 25.7 Å². The van der Waals surface area contributed by atoms with Crippen molar-refractivity contribution >= 4 is 39.5 Å². The van der Waals surface area contributed by atoms with Gasteiger partial charge in [0, 0.05) is 25.7 Å². The van der Waals surface area contributed by atoms with E-state index in [1.54, 1.807) is 0 Å². The highest BCUT2D eigenvalue weighted by molar-refractivity contribution is 7.47. The van der Waals surface area contributed by atoms with Crippen LogP contribution in [0, 0.1) is 0 Å². The molecule has 17 nitrogen and oxygen atoms in total. The summed E-state index contributed by atoms with van der Waals surface area (Å²) in [6.45, 7) is 4.81. The lowest BCUT2D eigenvalue weighted by Gasteiger charge is -2.21. The van der Waals surface area contributed by atoms with Crippen molar-refractivity contribution in [1.29, 1.82) is 0 Å². The van der Waals surface area contributed by atoms with E-state index in [1.807, 2.05) is 12.2 Å². The topological polar surface area (TPSA) is 237 Å². The van der Waals surface area contributed by atoms with Gasteiger partial charge in [0.05, 0.1) is 26.4 Å². The number of carbonyl (C=O) groups excluding carboxylic acids is 4. The van der Waals surface area contributed by atoms with E-state index in [4.69, 9.17) is 37.0 Å². The van der Waals surface area contributed by atoms with Crippen LogP contribution in [0.15, 0.2) is 72.9 Å². The summed E-state index contributed by atoms with van der Waals surface area (Å²) in [6.07, 6.45) is 74.6. The highest BCUT2D eigenvalue weighted by Crippen LogP contribution is 2.45. The van der Waals surface area contributed by atoms with Gasteiger partial charge in [-0.25, -0.2) is 9.13 Å². The summed E-state index contributed by atoms with van der Waals surface area (Å²) >= 11 is 0. The predicted octanol–water partition coefficient (Wildman–Crippen LogP) is 23.2. The number of allylic oxidation sites excluding steroid dienone is 12. The Hall–Kier alpha value is -3.50. The Morgan fingerprint density at radius 2 is 0.510 bits per heavy atom. The number of rotatable bonds is 76. The molecule has 0 radical (unpaired) electrons. The summed E-state index contributed by atoms with van der Waals surface area (Å²) in [6, 6.07) is 0. The van der Waals surface area contributed by atoms with Crippen molar-refractivity contribution in [1.82, 2.24) is 0 Å². The van der Waals surface area contributed by atoms with E-state index < -0.39 is 97.5 Å². The first kappa shape index (κ1) is 96.5. The molecule has 0 aliphatic rings. The molecule has 100 heavy (non-hydrogen) atoms. The van der Waals surface area contributed by atoms with Crippen LogP contribution in [0.4, 0.5) is 0 Å². The minimum absolute atomic E-state index is 0.0401. The summed E-state index contributed by atoms with van der Waals surface area (Å²) in [5.74, 6) is -2.24. The van der Waals surface area contributed by atoms with Gasteiger partial charge in [0.15, 0.2) is 12.2 Å². The van der Waals surface area contributed by atoms with Crippen LogP contribution in [0.1, 0.15) is 362 Å². The van der Waals surface area contributed by atoms with E-state index in [1.165, 1.54) is 154 Å². The van der Waals surface area contributed by atoms with Gasteiger partial charge in [-0.05, 0) is 89.9 Å². The zero-order chi connectivity index (χ0) is 73.2. The fourth-order valence-electron chi connectivity index (χ4n) is 11.0. The molecule has 0 saturated heterocycles. The average molecular weight is 1450 g/mol. The largest absolute Gasteiger partial charge is 0.472 e. The maximum Gasteiger partial charge on any atom is 0.472 e.